The van der Waals surface area contributed by atoms with Gasteiger partial charge < -0.3 is 14.9 Å². The van der Waals surface area contributed by atoms with E-state index >= 15 is 0 Å². The number of aromatic nitrogens is 1. The number of carbonyl (C=O) groups is 1. The molecule has 3 N–H and O–H groups in total. The Bertz CT molecular complexity index is 1040. The number of carbonyl (C=O) groups excluding carboxylic acids is 1. The maximum Gasteiger partial charge on any atom is 0.263 e. The maximum absolute atomic E-state index is 12.3. The van der Waals surface area contributed by atoms with Gasteiger partial charge in [0.1, 0.15) is 11.5 Å². The van der Waals surface area contributed by atoms with Crippen LogP contribution in [0.3, 0.4) is 0 Å². The van der Waals surface area contributed by atoms with Crippen LogP contribution >= 0.6 is 0 Å². The lowest BCUT2D eigenvalue weighted by molar-refractivity contribution is 0.102. The molecule has 9 heteroatoms. The highest BCUT2D eigenvalue weighted by atomic mass is 32.2. The van der Waals surface area contributed by atoms with Crippen molar-refractivity contribution in [3.63, 3.8) is 0 Å². The summed E-state index contributed by atoms with van der Waals surface area (Å²) in [5.41, 5.74) is 0.502. The summed E-state index contributed by atoms with van der Waals surface area (Å²) < 4.78 is 31.7. The molecule has 2 aromatic carbocycles. The smallest absolute Gasteiger partial charge is 0.263 e. The molecule has 0 unspecified atom stereocenters. The predicted molar refractivity (Wildman–Crippen MR) is 94.6 cm³/mol. The van der Waals surface area contributed by atoms with Crippen LogP contribution in [0.15, 0.2) is 64.0 Å². The van der Waals surface area contributed by atoms with Crippen molar-refractivity contribution in [1.82, 2.24) is 5.16 Å². The SMILES string of the molecule is Cc1cc(NS(=O)(=O)c2ccc(NC(=O)c3ccccc3O)cc2)no1. The lowest BCUT2D eigenvalue weighted by atomic mass is 10.2. The fourth-order valence-corrected chi connectivity index (χ4v) is 3.18. The van der Waals surface area contributed by atoms with Crippen molar-refractivity contribution in [2.24, 2.45) is 0 Å². The van der Waals surface area contributed by atoms with E-state index in [9.17, 15) is 18.3 Å². The van der Waals surface area contributed by atoms with Gasteiger partial charge in [0.25, 0.3) is 15.9 Å². The molecule has 1 aromatic heterocycles. The lowest BCUT2D eigenvalue weighted by Gasteiger charge is -2.08. The number of aromatic hydroxyl groups is 1. The number of hydrogen-bond acceptors (Lipinski definition) is 6. The first kappa shape index (κ1) is 17.5. The zero-order valence-corrected chi connectivity index (χ0v) is 14.4. The molecule has 0 aliphatic carbocycles. The third kappa shape index (κ3) is 3.83. The number of aryl methyl sites for hydroxylation is 1. The van der Waals surface area contributed by atoms with Crippen LogP contribution in [0.25, 0.3) is 0 Å². The molecule has 134 valence electrons. The van der Waals surface area contributed by atoms with E-state index in [-0.39, 0.29) is 22.0 Å². The molecule has 1 heterocycles. The van der Waals surface area contributed by atoms with Gasteiger partial charge in [-0.15, -0.1) is 0 Å². The molecule has 3 rings (SSSR count). The van der Waals surface area contributed by atoms with Gasteiger partial charge >= 0.3 is 0 Å². The third-order valence-electron chi connectivity index (χ3n) is 3.44. The number of nitrogens with zero attached hydrogens (tertiary/aromatic N) is 1. The van der Waals surface area contributed by atoms with Crippen LogP contribution in [0, 0.1) is 6.92 Å². The molecule has 8 nitrogen and oxygen atoms in total. The Morgan fingerprint density at radius 3 is 2.42 bits per heavy atom. The molecule has 1 amide bonds. The van der Waals surface area contributed by atoms with E-state index < -0.39 is 15.9 Å². The quantitative estimate of drug-likeness (QED) is 0.632. The molecule has 0 aliphatic rings. The number of phenolic OH excluding ortho intramolecular Hbond substituents is 1. The largest absolute Gasteiger partial charge is 0.507 e. The zero-order valence-electron chi connectivity index (χ0n) is 13.6. The van der Waals surface area contributed by atoms with Gasteiger partial charge in [-0.2, -0.15) is 0 Å². The van der Waals surface area contributed by atoms with Crippen LogP contribution in [-0.2, 0) is 10.0 Å². The molecule has 0 spiro atoms. The van der Waals surface area contributed by atoms with Crippen LogP contribution in [0.1, 0.15) is 16.1 Å². The van der Waals surface area contributed by atoms with Gasteiger partial charge in [-0.1, -0.05) is 17.3 Å². The summed E-state index contributed by atoms with van der Waals surface area (Å²) in [6, 6.07) is 13.1. The number of amides is 1. The molecule has 0 radical (unpaired) electrons. The summed E-state index contributed by atoms with van der Waals surface area (Å²) in [6.07, 6.45) is 0. The summed E-state index contributed by atoms with van der Waals surface area (Å²) in [6.45, 7) is 1.65. The van der Waals surface area contributed by atoms with Gasteiger partial charge in [0.2, 0.25) is 0 Å². The minimum absolute atomic E-state index is 0.00119. The van der Waals surface area contributed by atoms with Crippen molar-refractivity contribution in [2.75, 3.05) is 10.0 Å². The number of rotatable bonds is 5. The summed E-state index contributed by atoms with van der Waals surface area (Å²) >= 11 is 0. The lowest BCUT2D eigenvalue weighted by Crippen LogP contribution is -2.14. The number of anilines is 2. The van der Waals surface area contributed by atoms with E-state index in [0.717, 1.165) is 0 Å². The number of nitrogens with one attached hydrogen (secondary N) is 2. The summed E-state index contributed by atoms with van der Waals surface area (Å²) in [5.74, 6) is -0.0874. The standard InChI is InChI=1S/C17H15N3O5S/c1-11-10-16(19-25-11)20-26(23,24)13-8-6-12(7-9-13)18-17(22)14-4-2-3-5-15(14)21/h2-10,21H,1H3,(H,18,22)(H,19,20). The molecule has 26 heavy (non-hydrogen) atoms. The van der Waals surface area contributed by atoms with Crippen molar-refractivity contribution in [3.05, 3.63) is 65.9 Å². The van der Waals surface area contributed by atoms with Crippen LogP contribution in [-0.4, -0.2) is 24.6 Å². The van der Waals surface area contributed by atoms with Gasteiger partial charge in [-0.05, 0) is 43.3 Å². The van der Waals surface area contributed by atoms with Gasteiger partial charge in [0.15, 0.2) is 5.82 Å². The van der Waals surface area contributed by atoms with Crippen LogP contribution < -0.4 is 10.0 Å². The molecule has 0 saturated carbocycles. The number of para-hydroxylation sites is 1. The Kier molecular flexibility index (Phi) is 4.63. The van der Waals surface area contributed by atoms with Gasteiger partial charge in [0.05, 0.1) is 10.5 Å². The fraction of sp³-hybridized carbons (Fsp3) is 0.0588. The van der Waals surface area contributed by atoms with Crippen LogP contribution in [0.4, 0.5) is 11.5 Å². The topological polar surface area (TPSA) is 122 Å². The van der Waals surface area contributed by atoms with Crippen molar-refractivity contribution in [3.8, 4) is 5.75 Å². The maximum atomic E-state index is 12.3. The third-order valence-corrected chi connectivity index (χ3v) is 4.81. The molecule has 0 bridgehead atoms. The molecular weight excluding hydrogens is 358 g/mol. The van der Waals surface area contributed by atoms with Crippen molar-refractivity contribution < 1.29 is 22.8 Å². The summed E-state index contributed by atoms with van der Waals surface area (Å²) in [5, 5.41) is 15.9. The van der Waals surface area contributed by atoms with E-state index in [1.807, 2.05) is 0 Å². The molecule has 0 aliphatic heterocycles. The Hall–Kier alpha value is -3.33. The van der Waals surface area contributed by atoms with E-state index in [1.165, 1.54) is 42.5 Å². The zero-order chi connectivity index (χ0) is 18.7. The Balaban J connectivity index is 1.74. The average Bonchev–Trinajstić information content (AvgIpc) is 3.00. The number of benzene rings is 2. The van der Waals surface area contributed by atoms with Crippen molar-refractivity contribution in [2.45, 2.75) is 11.8 Å². The summed E-state index contributed by atoms with van der Waals surface area (Å²) in [7, 11) is -3.83. The first-order valence-electron chi connectivity index (χ1n) is 7.51. The Morgan fingerprint density at radius 1 is 1.12 bits per heavy atom. The second kappa shape index (κ2) is 6.89. The van der Waals surface area contributed by atoms with Crippen LogP contribution in [0.2, 0.25) is 0 Å². The predicted octanol–water partition coefficient (Wildman–Crippen LogP) is 2.74. The van der Waals surface area contributed by atoms with E-state index in [1.54, 1.807) is 19.1 Å². The highest BCUT2D eigenvalue weighted by Crippen LogP contribution is 2.20. The minimum Gasteiger partial charge on any atom is -0.507 e. The van der Waals surface area contributed by atoms with Gasteiger partial charge in [-0.3, -0.25) is 9.52 Å². The fourth-order valence-electron chi connectivity index (χ4n) is 2.19. The highest BCUT2D eigenvalue weighted by molar-refractivity contribution is 7.92. The molecule has 0 saturated heterocycles. The first-order valence-corrected chi connectivity index (χ1v) is 8.99. The molecule has 0 fully saturated rings. The van der Waals surface area contributed by atoms with E-state index in [2.05, 4.69) is 15.2 Å². The molecular formula is C17H15N3O5S. The normalized spacial score (nSPS) is 11.1. The van der Waals surface area contributed by atoms with Crippen molar-refractivity contribution in [1.29, 1.82) is 0 Å². The number of phenols is 1. The minimum atomic E-state index is -3.83. The van der Waals surface area contributed by atoms with Crippen molar-refractivity contribution >= 4 is 27.4 Å². The monoisotopic (exact) mass is 373 g/mol. The van der Waals surface area contributed by atoms with E-state index in [4.69, 9.17) is 4.52 Å². The number of hydrogen-bond donors (Lipinski definition) is 3. The summed E-state index contributed by atoms with van der Waals surface area (Å²) in [4.78, 5) is 12.1. The number of sulfonamides is 1. The van der Waals surface area contributed by atoms with E-state index in [0.29, 0.717) is 11.4 Å². The average molecular weight is 373 g/mol. The van der Waals surface area contributed by atoms with Gasteiger partial charge in [0, 0.05) is 11.8 Å². The second-order valence-corrected chi connectivity index (χ2v) is 7.11. The van der Waals surface area contributed by atoms with Crippen LogP contribution in [0.5, 0.6) is 5.75 Å². The molecule has 0 atom stereocenters. The first-order chi connectivity index (χ1) is 12.3. The molecule has 3 aromatic rings. The Morgan fingerprint density at radius 2 is 1.81 bits per heavy atom. The highest BCUT2D eigenvalue weighted by Gasteiger charge is 2.17. The van der Waals surface area contributed by atoms with Gasteiger partial charge in [-0.25, -0.2) is 8.42 Å². The Labute approximate surface area is 149 Å². The second-order valence-electron chi connectivity index (χ2n) is 5.42.